The summed E-state index contributed by atoms with van der Waals surface area (Å²) >= 11 is 1.29. The smallest absolute Gasteiger partial charge is 0.186 e. The summed E-state index contributed by atoms with van der Waals surface area (Å²) in [6, 6.07) is 3.86. The molecule has 16 heavy (non-hydrogen) atoms. The first-order valence-corrected chi connectivity index (χ1v) is 6.09. The number of hydrogen-bond donors (Lipinski definition) is 1. The topological polar surface area (TPSA) is 37.3 Å². The van der Waals surface area contributed by atoms with E-state index in [1.54, 1.807) is 6.92 Å². The molecule has 0 bridgehead atoms. The first kappa shape index (κ1) is 12.8. The fourth-order valence-electron chi connectivity index (χ4n) is 1.44. The molecule has 1 aromatic rings. The molecule has 0 heterocycles. The molecule has 1 rings (SSSR count). The second kappa shape index (κ2) is 5.75. The van der Waals surface area contributed by atoms with Crippen molar-refractivity contribution in [3.63, 3.8) is 0 Å². The molecule has 0 saturated carbocycles. The fourth-order valence-corrected chi connectivity index (χ4v) is 1.86. The Kier molecular flexibility index (Phi) is 4.62. The van der Waals surface area contributed by atoms with Crippen LogP contribution < -0.4 is 0 Å². The van der Waals surface area contributed by atoms with Crippen molar-refractivity contribution in [3.05, 3.63) is 34.9 Å². The molecule has 0 aliphatic carbocycles. The lowest BCUT2D eigenvalue weighted by Crippen LogP contribution is -1.84. The van der Waals surface area contributed by atoms with Gasteiger partial charge in [-0.3, -0.25) is 4.79 Å². The second-order valence-electron chi connectivity index (χ2n) is 3.71. The number of aromatic hydroxyl groups is 1. The molecule has 0 saturated heterocycles. The Balaban J connectivity index is 2.71. The highest BCUT2D eigenvalue weighted by Crippen LogP contribution is 2.23. The van der Waals surface area contributed by atoms with E-state index < -0.39 is 0 Å². The van der Waals surface area contributed by atoms with E-state index in [2.05, 4.69) is 0 Å². The van der Waals surface area contributed by atoms with Crippen molar-refractivity contribution in [3.8, 4) is 5.75 Å². The van der Waals surface area contributed by atoms with Gasteiger partial charge >= 0.3 is 0 Å². The quantitative estimate of drug-likeness (QED) is 0.875. The van der Waals surface area contributed by atoms with E-state index in [9.17, 15) is 9.90 Å². The van der Waals surface area contributed by atoms with Crippen LogP contribution >= 0.6 is 11.8 Å². The van der Waals surface area contributed by atoms with Crippen LogP contribution in [-0.4, -0.2) is 16.0 Å². The Hall–Kier alpha value is -1.22. The Morgan fingerprint density at radius 3 is 2.44 bits per heavy atom. The molecule has 1 aromatic carbocycles. The van der Waals surface area contributed by atoms with Crippen molar-refractivity contribution in [2.24, 2.45) is 0 Å². The van der Waals surface area contributed by atoms with Gasteiger partial charge in [0.15, 0.2) is 5.12 Å². The van der Waals surface area contributed by atoms with E-state index in [-0.39, 0.29) is 5.12 Å². The van der Waals surface area contributed by atoms with Gasteiger partial charge in [-0.25, -0.2) is 0 Å². The molecule has 0 amide bonds. The molecule has 86 valence electrons. The van der Waals surface area contributed by atoms with E-state index in [0.717, 1.165) is 16.7 Å². The molecule has 0 atom stereocenters. The van der Waals surface area contributed by atoms with Gasteiger partial charge in [-0.05, 0) is 42.7 Å². The van der Waals surface area contributed by atoms with Gasteiger partial charge in [-0.2, -0.15) is 0 Å². The third kappa shape index (κ3) is 3.74. The maximum Gasteiger partial charge on any atom is 0.186 e. The predicted molar refractivity (Wildman–Crippen MR) is 69.8 cm³/mol. The molecule has 0 spiro atoms. The number of phenols is 1. The molecule has 2 nitrogen and oxygen atoms in total. The standard InChI is InChI=1S/C13H16O2S/c1-9-7-12(8-10(2)13(9)15)5-4-6-16-11(3)14/h4-5,7-8,15H,6H2,1-3H3. The molecule has 3 heteroatoms. The van der Waals surface area contributed by atoms with E-state index in [0.29, 0.717) is 11.5 Å². The van der Waals surface area contributed by atoms with Crippen LogP contribution in [0.15, 0.2) is 18.2 Å². The van der Waals surface area contributed by atoms with Gasteiger partial charge in [0.25, 0.3) is 0 Å². The lowest BCUT2D eigenvalue weighted by molar-refractivity contribution is -0.109. The fraction of sp³-hybridized carbons (Fsp3) is 0.308. The molecule has 0 unspecified atom stereocenters. The number of benzene rings is 1. The summed E-state index contributed by atoms with van der Waals surface area (Å²) in [5.41, 5.74) is 2.80. The zero-order valence-corrected chi connectivity index (χ0v) is 10.6. The predicted octanol–water partition coefficient (Wildman–Crippen LogP) is 3.30. The minimum absolute atomic E-state index is 0.128. The van der Waals surface area contributed by atoms with Crippen LogP contribution in [0.5, 0.6) is 5.75 Å². The Bertz CT molecular complexity index is 399. The van der Waals surface area contributed by atoms with Gasteiger partial charge in [0.05, 0.1) is 0 Å². The van der Waals surface area contributed by atoms with Crippen molar-refractivity contribution in [2.75, 3.05) is 5.75 Å². The number of thioether (sulfide) groups is 1. The third-order valence-corrected chi connectivity index (χ3v) is 2.97. The van der Waals surface area contributed by atoms with Gasteiger partial charge in [0.2, 0.25) is 0 Å². The monoisotopic (exact) mass is 236 g/mol. The van der Waals surface area contributed by atoms with Crippen molar-refractivity contribution in [2.45, 2.75) is 20.8 Å². The number of aryl methyl sites for hydroxylation is 2. The number of phenolic OH excluding ortho intramolecular Hbond substituents is 1. The summed E-state index contributed by atoms with van der Waals surface area (Å²) in [4.78, 5) is 10.7. The summed E-state index contributed by atoms with van der Waals surface area (Å²) in [7, 11) is 0. The van der Waals surface area contributed by atoms with Crippen LogP contribution in [0.2, 0.25) is 0 Å². The zero-order chi connectivity index (χ0) is 12.1. The second-order valence-corrected chi connectivity index (χ2v) is 4.91. The molecule has 0 aliphatic heterocycles. The van der Waals surface area contributed by atoms with E-state index in [4.69, 9.17) is 0 Å². The molecule has 0 aromatic heterocycles. The van der Waals surface area contributed by atoms with Crippen molar-refractivity contribution in [1.29, 1.82) is 0 Å². The molecule has 1 N–H and O–H groups in total. The Morgan fingerprint density at radius 1 is 1.38 bits per heavy atom. The van der Waals surface area contributed by atoms with Gasteiger partial charge < -0.3 is 5.11 Å². The first-order chi connectivity index (χ1) is 7.50. The van der Waals surface area contributed by atoms with Crippen LogP contribution in [0, 0.1) is 13.8 Å². The maximum atomic E-state index is 10.7. The normalized spacial score (nSPS) is 10.9. The lowest BCUT2D eigenvalue weighted by Gasteiger charge is -2.04. The highest BCUT2D eigenvalue weighted by molar-refractivity contribution is 8.13. The number of rotatable bonds is 3. The minimum Gasteiger partial charge on any atom is -0.507 e. The Morgan fingerprint density at radius 2 is 1.94 bits per heavy atom. The van der Waals surface area contributed by atoms with Gasteiger partial charge in [0, 0.05) is 12.7 Å². The third-order valence-electron chi connectivity index (χ3n) is 2.21. The number of carbonyl (C=O) groups excluding carboxylic acids is 1. The molecule has 0 aliphatic rings. The van der Waals surface area contributed by atoms with Crippen molar-refractivity contribution >= 4 is 23.0 Å². The molecular weight excluding hydrogens is 220 g/mol. The SMILES string of the molecule is CC(=O)SCC=Cc1cc(C)c(O)c(C)c1. The van der Waals surface area contributed by atoms with E-state index in [1.807, 2.05) is 38.1 Å². The summed E-state index contributed by atoms with van der Waals surface area (Å²) in [5, 5.41) is 9.73. The van der Waals surface area contributed by atoms with Gasteiger partial charge in [0.1, 0.15) is 5.75 Å². The van der Waals surface area contributed by atoms with Crippen LogP contribution in [0.4, 0.5) is 0 Å². The first-order valence-electron chi connectivity index (χ1n) is 5.11. The van der Waals surface area contributed by atoms with Crippen LogP contribution in [0.3, 0.4) is 0 Å². The average molecular weight is 236 g/mol. The maximum absolute atomic E-state index is 10.7. The van der Waals surface area contributed by atoms with E-state index >= 15 is 0 Å². The van der Waals surface area contributed by atoms with Crippen LogP contribution in [-0.2, 0) is 4.79 Å². The zero-order valence-electron chi connectivity index (χ0n) is 9.78. The Labute approximate surface area is 100 Å². The summed E-state index contributed by atoms with van der Waals surface area (Å²) in [6.45, 7) is 5.32. The van der Waals surface area contributed by atoms with Crippen LogP contribution in [0.1, 0.15) is 23.6 Å². The van der Waals surface area contributed by atoms with Gasteiger partial charge in [-0.1, -0.05) is 23.9 Å². The summed E-state index contributed by atoms with van der Waals surface area (Å²) in [5.74, 6) is 1.05. The summed E-state index contributed by atoms with van der Waals surface area (Å²) in [6.07, 6.45) is 3.92. The largest absolute Gasteiger partial charge is 0.507 e. The van der Waals surface area contributed by atoms with Crippen molar-refractivity contribution in [1.82, 2.24) is 0 Å². The molecule has 0 radical (unpaired) electrons. The average Bonchev–Trinajstić information content (AvgIpc) is 2.20. The molecular formula is C13H16O2S. The highest BCUT2D eigenvalue weighted by Gasteiger charge is 2.00. The van der Waals surface area contributed by atoms with Crippen LogP contribution in [0.25, 0.3) is 6.08 Å². The van der Waals surface area contributed by atoms with E-state index in [1.165, 1.54) is 11.8 Å². The lowest BCUT2D eigenvalue weighted by atomic mass is 10.1. The summed E-state index contributed by atoms with van der Waals surface area (Å²) < 4.78 is 0. The number of hydrogen-bond acceptors (Lipinski definition) is 3. The minimum atomic E-state index is 0.128. The van der Waals surface area contributed by atoms with Gasteiger partial charge in [-0.15, -0.1) is 0 Å². The van der Waals surface area contributed by atoms with Crippen molar-refractivity contribution < 1.29 is 9.90 Å². The highest BCUT2D eigenvalue weighted by atomic mass is 32.2. The molecule has 0 fully saturated rings. The number of carbonyl (C=O) groups is 1.